The summed E-state index contributed by atoms with van der Waals surface area (Å²) < 4.78 is 5.76. The normalized spacial score (nSPS) is 19.0. The van der Waals surface area contributed by atoms with E-state index in [1.165, 1.54) is 31.6 Å². The van der Waals surface area contributed by atoms with Crippen molar-refractivity contribution >= 4 is 0 Å². The number of hydrogen-bond donors (Lipinski definition) is 1. The van der Waals surface area contributed by atoms with Gasteiger partial charge < -0.3 is 15.0 Å². The van der Waals surface area contributed by atoms with Gasteiger partial charge in [0.25, 0.3) is 0 Å². The first-order valence-electron chi connectivity index (χ1n) is 8.82. The molecule has 1 heterocycles. The van der Waals surface area contributed by atoms with Gasteiger partial charge in [-0.2, -0.15) is 0 Å². The van der Waals surface area contributed by atoms with Crippen molar-refractivity contribution < 1.29 is 4.74 Å². The van der Waals surface area contributed by atoms with Crippen LogP contribution in [0.3, 0.4) is 0 Å². The molecular formula is C19H32N2O. The van der Waals surface area contributed by atoms with Crippen molar-refractivity contribution in [1.82, 2.24) is 10.2 Å². The molecule has 1 aliphatic rings. The molecule has 1 aliphatic heterocycles. The third-order valence-electron chi connectivity index (χ3n) is 4.47. The first kappa shape index (κ1) is 17.3. The average molecular weight is 304 g/mol. The van der Waals surface area contributed by atoms with Crippen molar-refractivity contribution in [3.63, 3.8) is 0 Å². The summed E-state index contributed by atoms with van der Waals surface area (Å²) in [6, 6.07) is 8.52. The lowest BCUT2D eigenvalue weighted by molar-refractivity contribution is 0.289. The SMILES string of the molecule is CCN1CCC(CNCc2ccc(OCCC(C)C)cc2)C1. The lowest BCUT2D eigenvalue weighted by atomic mass is 10.1. The Morgan fingerprint density at radius 1 is 1.27 bits per heavy atom. The second kappa shape index (κ2) is 9.16. The third-order valence-corrected chi connectivity index (χ3v) is 4.47. The van der Waals surface area contributed by atoms with Crippen LogP contribution in [0.4, 0.5) is 0 Å². The fraction of sp³-hybridized carbons (Fsp3) is 0.684. The summed E-state index contributed by atoms with van der Waals surface area (Å²) in [4.78, 5) is 2.54. The molecule has 0 aliphatic carbocycles. The van der Waals surface area contributed by atoms with Crippen LogP contribution in [0.25, 0.3) is 0 Å². The predicted octanol–water partition coefficient (Wildman–Crippen LogP) is 3.54. The van der Waals surface area contributed by atoms with E-state index in [4.69, 9.17) is 4.74 Å². The number of rotatable bonds is 9. The Morgan fingerprint density at radius 3 is 2.68 bits per heavy atom. The number of nitrogens with one attached hydrogen (secondary N) is 1. The fourth-order valence-corrected chi connectivity index (χ4v) is 2.90. The highest BCUT2D eigenvalue weighted by Gasteiger charge is 2.20. The highest BCUT2D eigenvalue weighted by atomic mass is 16.5. The van der Waals surface area contributed by atoms with E-state index in [0.29, 0.717) is 5.92 Å². The molecule has 1 saturated heterocycles. The second-order valence-corrected chi connectivity index (χ2v) is 6.85. The van der Waals surface area contributed by atoms with Gasteiger partial charge in [-0.25, -0.2) is 0 Å². The minimum atomic E-state index is 0.697. The highest BCUT2D eigenvalue weighted by molar-refractivity contribution is 5.27. The van der Waals surface area contributed by atoms with Gasteiger partial charge in [-0.3, -0.25) is 0 Å². The van der Waals surface area contributed by atoms with E-state index >= 15 is 0 Å². The molecule has 2 rings (SSSR count). The monoisotopic (exact) mass is 304 g/mol. The molecule has 0 aromatic heterocycles. The van der Waals surface area contributed by atoms with Crippen LogP contribution in [0.15, 0.2) is 24.3 Å². The van der Waals surface area contributed by atoms with Crippen molar-refractivity contribution in [1.29, 1.82) is 0 Å². The molecular weight excluding hydrogens is 272 g/mol. The van der Waals surface area contributed by atoms with Crippen molar-refractivity contribution in [3.8, 4) is 5.75 Å². The van der Waals surface area contributed by atoms with Gasteiger partial charge in [0.15, 0.2) is 0 Å². The molecule has 3 heteroatoms. The van der Waals surface area contributed by atoms with Crippen molar-refractivity contribution in [3.05, 3.63) is 29.8 Å². The van der Waals surface area contributed by atoms with Gasteiger partial charge >= 0.3 is 0 Å². The number of nitrogens with zero attached hydrogens (tertiary/aromatic N) is 1. The molecule has 1 atom stereocenters. The zero-order valence-electron chi connectivity index (χ0n) is 14.5. The zero-order valence-corrected chi connectivity index (χ0v) is 14.5. The lowest BCUT2D eigenvalue weighted by Gasteiger charge is -2.14. The topological polar surface area (TPSA) is 24.5 Å². The molecule has 3 nitrogen and oxygen atoms in total. The summed E-state index contributed by atoms with van der Waals surface area (Å²) in [5.74, 6) is 2.50. The van der Waals surface area contributed by atoms with Gasteiger partial charge in [0.2, 0.25) is 0 Å². The Kier molecular flexibility index (Phi) is 7.20. The van der Waals surface area contributed by atoms with E-state index in [9.17, 15) is 0 Å². The van der Waals surface area contributed by atoms with E-state index in [0.717, 1.165) is 37.8 Å². The summed E-state index contributed by atoms with van der Waals surface area (Å²) in [6.07, 6.45) is 2.45. The summed E-state index contributed by atoms with van der Waals surface area (Å²) in [6.45, 7) is 13.3. The minimum Gasteiger partial charge on any atom is -0.494 e. The smallest absolute Gasteiger partial charge is 0.119 e. The number of hydrogen-bond acceptors (Lipinski definition) is 3. The van der Waals surface area contributed by atoms with Crippen LogP contribution >= 0.6 is 0 Å². The lowest BCUT2D eigenvalue weighted by Crippen LogP contribution is -2.26. The number of ether oxygens (including phenoxy) is 1. The van der Waals surface area contributed by atoms with Crippen molar-refractivity contribution in [2.75, 3.05) is 32.8 Å². The molecule has 0 amide bonds. The van der Waals surface area contributed by atoms with Crippen LogP contribution in [0.2, 0.25) is 0 Å². The molecule has 124 valence electrons. The van der Waals surface area contributed by atoms with Crippen LogP contribution in [0, 0.1) is 11.8 Å². The molecule has 0 saturated carbocycles. The Labute approximate surface area is 136 Å². The highest BCUT2D eigenvalue weighted by Crippen LogP contribution is 2.16. The van der Waals surface area contributed by atoms with Gasteiger partial charge in [0, 0.05) is 13.1 Å². The van der Waals surface area contributed by atoms with Crippen LogP contribution in [-0.2, 0) is 6.54 Å². The molecule has 1 aromatic carbocycles. The van der Waals surface area contributed by atoms with E-state index in [2.05, 4.69) is 55.3 Å². The van der Waals surface area contributed by atoms with Crippen LogP contribution < -0.4 is 10.1 Å². The molecule has 0 radical (unpaired) electrons. The maximum atomic E-state index is 5.76. The predicted molar refractivity (Wildman–Crippen MR) is 93.3 cm³/mol. The Morgan fingerprint density at radius 2 is 2.05 bits per heavy atom. The van der Waals surface area contributed by atoms with E-state index < -0.39 is 0 Å². The Balaban J connectivity index is 1.64. The molecule has 0 spiro atoms. The third kappa shape index (κ3) is 5.98. The second-order valence-electron chi connectivity index (χ2n) is 6.85. The molecule has 1 fully saturated rings. The molecule has 1 aromatic rings. The van der Waals surface area contributed by atoms with Crippen LogP contribution in [-0.4, -0.2) is 37.7 Å². The van der Waals surface area contributed by atoms with Gasteiger partial charge in [-0.1, -0.05) is 32.9 Å². The summed E-state index contributed by atoms with van der Waals surface area (Å²) >= 11 is 0. The zero-order chi connectivity index (χ0) is 15.8. The first-order valence-corrected chi connectivity index (χ1v) is 8.82. The summed E-state index contributed by atoms with van der Waals surface area (Å²) in [5, 5.41) is 3.60. The van der Waals surface area contributed by atoms with E-state index in [1.54, 1.807) is 0 Å². The van der Waals surface area contributed by atoms with Crippen molar-refractivity contribution in [2.24, 2.45) is 11.8 Å². The maximum Gasteiger partial charge on any atom is 0.119 e. The van der Waals surface area contributed by atoms with Gasteiger partial charge in [0.1, 0.15) is 5.75 Å². The van der Waals surface area contributed by atoms with Crippen LogP contribution in [0.5, 0.6) is 5.75 Å². The fourth-order valence-electron chi connectivity index (χ4n) is 2.90. The van der Waals surface area contributed by atoms with Gasteiger partial charge in [-0.15, -0.1) is 0 Å². The summed E-state index contributed by atoms with van der Waals surface area (Å²) in [5.41, 5.74) is 1.33. The van der Waals surface area contributed by atoms with Crippen molar-refractivity contribution in [2.45, 2.75) is 40.2 Å². The molecule has 1 N–H and O–H groups in total. The average Bonchev–Trinajstić information content (AvgIpc) is 2.96. The van der Waals surface area contributed by atoms with E-state index in [1.807, 2.05) is 0 Å². The molecule has 22 heavy (non-hydrogen) atoms. The molecule has 0 bridgehead atoms. The standard InChI is InChI=1S/C19H32N2O/c1-4-21-11-9-18(15-21)14-20-13-17-5-7-19(8-6-17)22-12-10-16(2)3/h5-8,16,18,20H,4,9-15H2,1-3H3. The van der Waals surface area contributed by atoms with Gasteiger partial charge in [-0.05, 0) is 62.0 Å². The van der Waals surface area contributed by atoms with Crippen LogP contribution in [0.1, 0.15) is 39.2 Å². The Bertz CT molecular complexity index is 416. The largest absolute Gasteiger partial charge is 0.494 e. The van der Waals surface area contributed by atoms with Gasteiger partial charge in [0.05, 0.1) is 6.61 Å². The van der Waals surface area contributed by atoms with E-state index in [-0.39, 0.29) is 0 Å². The quantitative estimate of drug-likeness (QED) is 0.755. The number of likely N-dealkylation sites (tertiary alicyclic amines) is 1. The maximum absolute atomic E-state index is 5.76. The Hall–Kier alpha value is -1.06. The summed E-state index contributed by atoms with van der Waals surface area (Å²) in [7, 11) is 0. The number of benzene rings is 1. The minimum absolute atomic E-state index is 0.697. The molecule has 1 unspecified atom stereocenters. The first-order chi connectivity index (χ1) is 10.7.